The third kappa shape index (κ3) is 2.02. The topological polar surface area (TPSA) is 23.6 Å². The van der Waals surface area contributed by atoms with E-state index in [-0.39, 0.29) is 18.1 Å². The fourth-order valence-electron chi connectivity index (χ4n) is 2.27. The van der Waals surface area contributed by atoms with Gasteiger partial charge < -0.3 is 4.90 Å². The molecule has 1 aromatic carbocycles. The van der Waals surface area contributed by atoms with E-state index >= 15 is 0 Å². The zero-order valence-electron chi connectivity index (χ0n) is 11.0. The van der Waals surface area contributed by atoms with Gasteiger partial charge in [0.1, 0.15) is 0 Å². The lowest BCUT2D eigenvalue weighted by molar-refractivity contribution is 0.180. The van der Waals surface area contributed by atoms with Crippen LogP contribution in [0.2, 0.25) is 0 Å². The number of para-hydroxylation sites is 1. The van der Waals surface area contributed by atoms with Crippen molar-refractivity contribution in [2.45, 2.75) is 46.3 Å². The molecule has 17 heavy (non-hydrogen) atoms. The van der Waals surface area contributed by atoms with E-state index < -0.39 is 0 Å². The third-order valence-electron chi connectivity index (χ3n) is 3.18. The Balaban J connectivity index is 2.47. The highest BCUT2D eigenvalue weighted by Crippen LogP contribution is 2.30. The number of nitrogens with zero attached hydrogens (tertiary/aromatic N) is 2. The van der Waals surface area contributed by atoms with E-state index in [4.69, 9.17) is 0 Å². The van der Waals surface area contributed by atoms with Crippen LogP contribution in [0, 0.1) is 0 Å². The molecule has 3 nitrogen and oxygen atoms in total. The maximum atomic E-state index is 12.4. The Morgan fingerprint density at radius 3 is 2.29 bits per heavy atom. The summed E-state index contributed by atoms with van der Waals surface area (Å²) in [6.45, 7) is 8.95. The summed E-state index contributed by atoms with van der Waals surface area (Å²) < 4.78 is 0. The molecular formula is C14H20N2O. The third-order valence-corrected chi connectivity index (χ3v) is 3.18. The summed E-state index contributed by atoms with van der Waals surface area (Å²) in [4.78, 5) is 16.2. The summed E-state index contributed by atoms with van der Waals surface area (Å²) in [6.07, 6.45) is 0. The van der Waals surface area contributed by atoms with Crippen molar-refractivity contribution in [2.24, 2.45) is 0 Å². The van der Waals surface area contributed by atoms with E-state index in [0.717, 1.165) is 12.2 Å². The number of carbonyl (C=O) groups is 1. The van der Waals surface area contributed by atoms with E-state index in [9.17, 15) is 4.79 Å². The van der Waals surface area contributed by atoms with Crippen LogP contribution < -0.4 is 4.90 Å². The summed E-state index contributed by atoms with van der Waals surface area (Å²) in [7, 11) is 0. The second-order valence-electron chi connectivity index (χ2n) is 5.10. The molecule has 2 rings (SSSR count). The Kier molecular flexibility index (Phi) is 3.09. The molecule has 0 radical (unpaired) electrons. The van der Waals surface area contributed by atoms with Crippen LogP contribution in [0.25, 0.3) is 0 Å². The van der Waals surface area contributed by atoms with Crippen LogP contribution in [0.5, 0.6) is 0 Å². The fourth-order valence-corrected chi connectivity index (χ4v) is 2.27. The first-order valence-corrected chi connectivity index (χ1v) is 6.20. The average Bonchev–Trinajstić information content (AvgIpc) is 2.27. The molecule has 0 bridgehead atoms. The molecule has 0 fully saturated rings. The second-order valence-corrected chi connectivity index (χ2v) is 5.10. The second kappa shape index (κ2) is 4.40. The maximum Gasteiger partial charge on any atom is 0.325 e. The summed E-state index contributed by atoms with van der Waals surface area (Å²) in [5.74, 6) is 0. The van der Waals surface area contributed by atoms with Crippen LogP contribution >= 0.6 is 0 Å². The molecule has 3 heteroatoms. The van der Waals surface area contributed by atoms with Crippen molar-refractivity contribution < 1.29 is 4.79 Å². The summed E-state index contributed by atoms with van der Waals surface area (Å²) in [6, 6.07) is 8.70. The van der Waals surface area contributed by atoms with Gasteiger partial charge in [0.25, 0.3) is 0 Å². The minimum atomic E-state index is 0.119. The van der Waals surface area contributed by atoms with Crippen molar-refractivity contribution in [3.63, 3.8) is 0 Å². The highest BCUT2D eigenvalue weighted by Gasteiger charge is 2.32. The molecule has 0 spiro atoms. The molecule has 0 aromatic heterocycles. The molecule has 0 saturated carbocycles. The number of rotatable bonds is 2. The van der Waals surface area contributed by atoms with Gasteiger partial charge in [-0.15, -0.1) is 0 Å². The number of anilines is 1. The van der Waals surface area contributed by atoms with Crippen molar-refractivity contribution in [1.82, 2.24) is 4.90 Å². The van der Waals surface area contributed by atoms with Gasteiger partial charge in [-0.1, -0.05) is 18.2 Å². The number of fused-ring (bicyclic) bond motifs is 1. The first-order valence-electron chi connectivity index (χ1n) is 6.20. The van der Waals surface area contributed by atoms with Crippen molar-refractivity contribution >= 4 is 11.7 Å². The van der Waals surface area contributed by atoms with Gasteiger partial charge in [0, 0.05) is 18.6 Å². The van der Waals surface area contributed by atoms with Gasteiger partial charge in [-0.25, -0.2) is 4.79 Å². The molecule has 0 N–H and O–H groups in total. The normalized spacial score (nSPS) is 15.8. The molecule has 2 amide bonds. The van der Waals surface area contributed by atoms with Gasteiger partial charge in [-0.3, -0.25) is 4.90 Å². The lowest BCUT2D eigenvalue weighted by Crippen LogP contribution is -2.52. The number of carbonyl (C=O) groups excluding carboxylic acids is 1. The first kappa shape index (κ1) is 12.0. The van der Waals surface area contributed by atoms with Crippen LogP contribution in [0.4, 0.5) is 10.5 Å². The number of hydrogen-bond donors (Lipinski definition) is 0. The Bertz CT molecular complexity index is 426. The first-order chi connectivity index (χ1) is 8.02. The molecule has 0 atom stereocenters. The zero-order chi connectivity index (χ0) is 12.6. The van der Waals surface area contributed by atoms with Crippen LogP contribution in [0.3, 0.4) is 0 Å². The largest absolute Gasteiger partial charge is 0.325 e. The lowest BCUT2D eigenvalue weighted by Gasteiger charge is -2.41. The highest BCUT2D eigenvalue weighted by molar-refractivity contribution is 5.95. The summed E-state index contributed by atoms with van der Waals surface area (Å²) >= 11 is 0. The summed E-state index contributed by atoms with van der Waals surface area (Å²) in [5.41, 5.74) is 2.29. The highest BCUT2D eigenvalue weighted by atomic mass is 16.2. The number of benzene rings is 1. The molecule has 1 aliphatic heterocycles. The molecule has 1 aliphatic rings. The van der Waals surface area contributed by atoms with Crippen LogP contribution in [-0.4, -0.2) is 23.0 Å². The zero-order valence-corrected chi connectivity index (χ0v) is 11.0. The van der Waals surface area contributed by atoms with Crippen LogP contribution in [0.15, 0.2) is 24.3 Å². The van der Waals surface area contributed by atoms with Crippen molar-refractivity contribution in [1.29, 1.82) is 0 Å². The molecular weight excluding hydrogens is 212 g/mol. The molecule has 92 valence electrons. The number of amides is 2. The van der Waals surface area contributed by atoms with E-state index in [1.807, 2.05) is 28.0 Å². The van der Waals surface area contributed by atoms with E-state index in [1.165, 1.54) is 5.56 Å². The van der Waals surface area contributed by atoms with Crippen molar-refractivity contribution in [3.8, 4) is 0 Å². The van der Waals surface area contributed by atoms with E-state index in [1.54, 1.807) is 0 Å². The molecule has 0 unspecified atom stereocenters. The van der Waals surface area contributed by atoms with Crippen molar-refractivity contribution in [3.05, 3.63) is 29.8 Å². The quantitative estimate of drug-likeness (QED) is 0.767. The average molecular weight is 232 g/mol. The van der Waals surface area contributed by atoms with Gasteiger partial charge in [0.05, 0.1) is 5.69 Å². The maximum absolute atomic E-state index is 12.4. The molecule has 0 aliphatic carbocycles. The Morgan fingerprint density at radius 1 is 1.06 bits per heavy atom. The van der Waals surface area contributed by atoms with Crippen LogP contribution in [-0.2, 0) is 6.54 Å². The van der Waals surface area contributed by atoms with Gasteiger partial charge in [0.2, 0.25) is 0 Å². The van der Waals surface area contributed by atoms with E-state index in [0.29, 0.717) is 0 Å². The van der Waals surface area contributed by atoms with Gasteiger partial charge in [-0.2, -0.15) is 0 Å². The standard InChI is InChI=1S/C14H20N2O/c1-10(2)15-9-12-7-5-6-8-13(12)16(11(3)4)14(15)17/h5-8,10-11H,9H2,1-4H3. The molecule has 1 aromatic rings. The fraction of sp³-hybridized carbons (Fsp3) is 0.500. The van der Waals surface area contributed by atoms with Crippen LogP contribution in [0.1, 0.15) is 33.3 Å². The summed E-state index contributed by atoms with van der Waals surface area (Å²) in [5, 5.41) is 0. The Labute approximate surface area is 103 Å². The SMILES string of the molecule is CC(C)N1Cc2ccccc2N(C(C)C)C1=O. The number of hydrogen-bond acceptors (Lipinski definition) is 1. The predicted octanol–water partition coefficient (Wildman–Crippen LogP) is 3.25. The van der Waals surface area contributed by atoms with Gasteiger partial charge in [-0.05, 0) is 39.3 Å². The Morgan fingerprint density at radius 2 is 1.71 bits per heavy atom. The van der Waals surface area contributed by atoms with E-state index in [2.05, 4.69) is 33.8 Å². The van der Waals surface area contributed by atoms with Gasteiger partial charge in [0.15, 0.2) is 0 Å². The monoisotopic (exact) mass is 232 g/mol. The minimum absolute atomic E-state index is 0.119. The van der Waals surface area contributed by atoms with Crippen molar-refractivity contribution in [2.75, 3.05) is 4.90 Å². The predicted molar refractivity (Wildman–Crippen MR) is 70.1 cm³/mol. The molecule has 0 saturated heterocycles. The Hall–Kier alpha value is -1.51. The van der Waals surface area contributed by atoms with Gasteiger partial charge >= 0.3 is 6.03 Å². The smallest absolute Gasteiger partial charge is 0.318 e. The molecule has 1 heterocycles. The number of urea groups is 1. The minimum Gasteiger partial charge on any atom is -0.318 e. The lowest BCUT2D eigenvalue weighted by atomic mass is 10.1.